The van der Waals surface area contributed by atoms with Crippen LogP contribution >= 0.6 is 0 Å². The van der Waals surface area contributed by atoms with Crippen LogP contribution in [0.2, 0.25) is 0 Å². The van der Waals surface area contributed by atoms with E-state index in [1.165, 1.54) is 18.2 Å². The Balaban J connectivity index is 2.10. The number of nitrogens with zero attached hydrogens (tertiary/aromatic N) is 1. The number of carboxylic acids is 1. The Bertz CT molecular complexity index is 735. The number of aromatic carboxylic acids is 1. The fraction of sp³-hybridized carbons (Fsp3) is 0. The van der Waals surface area contributed by atoms with Gasteiger partial charge in [0.05, 0.1) is 17.2 Å². The summed E-state index contributed by atoms with van der Waals surface area (Å²) in [6, 6.07) is 14.6. The highest BCUT2D eigenvalue weighted by Gasteiger charge is 2.03. The van der Waals surface area contributed by atoms with E-state index in [4.69, 9.17) is 10.4 Å². The number of benzene rings is 2. The molecule has 0 heterocycles. The van der Waals surface area contributed by atoms with Gasteiger partial charge < -0.3 is 5.11 Å². The largest absolute Gasteiger partial charge is 0.478 e. The number of rotatable bonds is 4. The maximum atomic E-state index is 11.9. The van der Waals surface area contributed by atoms with Crippen LogP contribution in [-0.2, 0) is 0 Å². The van der Waals surface area contributed by atoms with Crippen LogP contribution in [0.15, 0.2) is 54.6 Å². The van der Waals surface area contributed by atoms with Gasteiger partial charge in [-0.2, -0.15) is 5.26 Å². The first-order valence-corrected chi connectivity index (χ1v) is 6.16. The molecule has 0 aliphatic heterocycles. The van der Waals surface area contributed by atoms with Crippen molar-refractivity contribution in [2.45, 2.75) is 0 Å². The maximum absolute atomic E-state index is 11.9. The zero-order chi connectivity index (χ0) is 15.2. The minimum Gasteiger partial charge on any atom is -0.478 e. The molecule has 4 nitrogen and oxygen atoms in total. The summed E-state index contributed by atoms with van der Waals surface area (Å²) in [5, 5.41) is 17.5. The summed E-state index contributed by atoms with van der Waals surface area (Å²) in [6.45, 7) is 0. The Morgan fingerprint density at radius 2 is 1.52 bits per heavy atom. The van der Waals surface area contributed by atoms with Gasteiger partial charge in [-0.3, -0.25) is 4.79 Å². The molecule has 0 saturated carbocycles. The number of carboxylic acid groups (broad SMARTS) is 1. The van der Waals surface area contributed by atoms with Crippen LogP contribution in [0, 0.1) is 11.3 Å². The quantitative estimate of drug-likeness (QED) is 0.687. The Morgan fingerprint density at radius 3 is 2.05 bits per heavy atom. The molecule has 0 spiro atoms. The van der Waals surface area contributed by atoms with E-state index in [9.17, 15) is 9.59 Å². The zero-order valence-electron chi connectivity index (χ0n) is 11.0. The van der Waals surface area contributed by atoms with E-state index in [0.29, 0.717) is 11.1 Å². The number of carbonyl (C=O) groups excluding carboxylic acids is 1. The molecule has 0 aliphatic rings. The molecule has 0 atom stereocenters. The fourth-order valence-electron chi connectivity index (χ4n) is 1.71. The first-order valence-electron chi connectivity index (χ1n) is 6.16. The fourth-order valence-corrected chi connectivity index (χ4v) is 1.71. The van der Waals surface area contributed by atoms with Crippen molar-refractivity contribution in [2.75, 3.05) is 0 Å². The lowest BCUT2D eigenvalue weighted by molar-refractivity contribution is 0.0696. The van der Waals surface area contributed by atoms with Gasteiger partial charge in [0.25, 0.3) is 0 Å². The van der Waals surface area contributed by atoms with E-state index in [0.717, 1.165) is 5.56 Å². The maximum Gasteiger partial charge on any atom is 0.335 e. The van der Waals surface area contributed by atoms with E-state index in [-0.39, 0.29) is 11.3 Å². The minimum absolute atomic E-state index is 0.179. The summed E-state index contributed by atoms with van der Waals surface area (Å²) in [4.78, 5) is 22.6. The van der Waals surface area contributed by atoms with Crippen LogP contribution in [0.5, 0.6) is 0 Å². The van der Waals surface area contributed by atoms with Gasteiger partial charge in [0.2, 0.25) is 0 Å². The summed E-state index contributed by atoms with van der Waals surface area (Å²) in [6.07, 6.45) is 3.03. The molecule has 2 rings (SSSR count). The van der Waals surface area contributed by atoms with Crippen molar-refractivity contribution in [3.05, 3.63) is 76.9 Å². The van der Waals surface area contributed by atoms with Gasteiger partial charge in [-0.25, -0.2) is 4.79 Å². The van der Waals surface area contributed by atoms with Crippen molar-refractivity contribution in [1.29, 1.82) is 5.26 Å². The predicted molar refractivity (Wildman–Crippen MR) is 77.9 cm³/mol. The van der Waals surface area contributed by atoms with Gasteiger partial charge in [-0.1, -0.05) is 18.2 Å². The van der Waals surface area contributed by atoms with Crippen molar-refractivity contribution in [1.82, 2.24) is 0 Å². The summed E-state index contributed by atoms with van der Waals surface area (Å²) in [5.74, 6) is -1.17. The molecular weight excluding hydrogens is 266 g/mol. The summed E-state index contributed by atoms with van der Waals surface area (Å²) in [7, 11) is 0. The van der Waals surface area contributed by atoms with E-state index < -0.39 is 5.97 Å². The lowest BCUT2D eigenvalue weighted by Gasteiger charge is -1.97. The average molecular weight is 277 g/mol. The number of nitriles is 1. The van der Waals surface area contributed by atoms with Gasteiger partial charge in [0, 0.05) is 5.56 Å². The molecule has 2 aromatic rings. The SMILES string of the molecule is N#Cc1ccc(C(=O)/C=C/c2ccc(C(=O)O)cc2)cc1. The van der Waals surface area contributed by atoms with Crippen LogP contribution in [-0.4, -0.2) is 16.9 Å². The molecule has 102 valence electrons. The number of ketones is 1. The Labute approximate surface area is 121 Å². The second kappa shape index (κ2) is 6.31. The van der Waals surface area contributed by atoms with Crippen molar-refractivity contribution in [3.63, 3.8) is 0 Å². The molecular formula is C17H11NO3. The third kappa shape index (κ3) is 3.64. The highest BCUT2D eigenvalue weighted by molar-refractivity contribution is 6.06. The zero-order valence-corrected chi connectivity index (χ0v) is 11.0. The van der Waals surface area contributed by atoms with Crippen LogP contribution in [0.4, 0.5) is 0 Å². The number of hydrogen-bond donors (Lipinski definition) is 1. The monoisotopic (exact) mass is 277 g/mol. The Kier molecular flexibility index (Phi) is 4.27. The molecule has 2 aromatic carbocycles. The lowest BCUT2D eigenvalue weighted by atomic mass is 10.1. The third-order valence-corrected chi connectivity index (χ3v) is 2.88. The molecule has 0 unspecified atom stereocenters. The Morgan fingerprint density at radius 1 is 0.952 bits per heavy atom. The second-order valence-corrected chi connectivity index (χ2v) is 4.31. The average Bonchev–Trinajstić information content (AvgIpc) is 2.53. The smallest absolute Gasteiger partial charge is 0.335 e. The van der Waals surface area contributed by atoms with Gasteiger partial charge in [-0.15, -0.1) is 0 Å². The van der Waals surface area contributed by atoms with Gasteiger partial charge in [-0.05, 0) is 48.0 Å². The van der Waals surface area contributed by atoms with Crippen LogP contribution < -0.4 is 0 Å². The molecule has 0 aliphatic carbocycles. The first-order chi connectivity index (χ1) is 10.1. The normalized spacial score (nSPS) is 10.2. The number of hydrogen-bond acceptors (Lipinski definition) is 3. The highest BCUT2D eigenvalue weighted by atomic mass is 16.4. The van der Waals surface area contributed by atoms with E-state index in [1.54, 1.807) is 42.5 Å². The van der Waals surface area contributed by atoms with Gasteiger partial charge in [0.1, 0.15) is 0 Å². The number of carbonyl (C=O) groups is 2. The highest BCUT2D eigenvalue weighted by Crippen LogP contribution is 2.09. The summed E-state index contributed by atoms with van der Waals surface area (Å²) < 4.78 is 0. The summed E-state index contributed by atoms with van der Waals surface area (Å²) >= 11 is 0. The third-order valence-electron chi connectivity index (χ3n) is 2.88. The molecule has 4 heteroatoms. The molecule has 0 bridgehead atoms. The van der Waals surface area contributed by atoms with Crippen LogP contribution in [0.1, 0.15) is 31.8 Å². The first kappa shape index (κ1) is 14.2. The van der Waals surface area contributed by atoms with E-state index in [1.807, 2.05) is 6.07 Å². The van der Waals surface area contributed by atoms with Crippen molar-refractivity contribution in [3.8, 4) is 6.07 Å². The second-order valence-electron chi connectivity index (χ2n) is 4.31. The molecule has 0 aromatic heterocycles. The van der Waals surface area contributed by atoms with E-state index >= 15 is 0 Å². The molecule has 0 saturated heterocycles. The van der Waals surface area contributed by atoms with Crippen molar-refractivity contribution in [2.24, 2.45) is 0 Å². The predicted octanol–water partition coefficient (Wildman–Crippen LogP) is 3.15. The molecule has 0 amide bonds. The van der Waals surface area contributed by atoms with Gasteiger partial charge in [0.15, 0.2) is 5.78 Å². The van der Waals surface area contributed by atoms with Crippen LogP contribution in [0.25, 0.3) is 6.08 Å². The van der Waals surface area contributed by atoms with E-state index in [2.05, 4.69) is 0 Å². The topological polar surface area (TPSA) is 78.2 Å². The number of allylic oxidation sites excluding steroid dienone is 1. The van der Waals surface area contributed by atoms with Crippen LogP contribution in [0.3, 0.4) is 0 Å². The van der Waals surface area contributed by atoms with Crippen molar-refractivity contribution >= 4 is 17.8 Å². The lowest BCUT2D eigenvalue weighted by Crippen LogP contribution is -1.95. The molecule has 0 radical (unpaired) electrons. The van der Waals surface area contributed by atoms with Crippen molar-refractivity contribution < 1.29 is 14.7 Å². The standard InChI is InChI=1S/C17H11NO3/c18-11-13-3-6-14(7-4-13)16(19)10-5-12-1-8-15(9-2-12)17(20)21/h1-10H,(H,20,21)/b10-5+. The molecule has 0 fully saturated rings. The Hall–Kier alpha value is -3.19. The molecule has 1 N–H and O–H groups in total. The summed E-state index contributed by atoms with van der Waals surface area (Å²) in [5.41, 5.74) is 1.93. The molecule has 21 heavy (non-hydrogen) atoms. The minimum atomic E-state index is -0.987. The van der Waals surface area contributed by atoms with Gasteiger partial charge >= 0.3 is 5.97 Å².